The van der Waals surface area contributed by atoms with Gasteiger partial charge in [-0.05, 0) is 42.5 Å². The van der Waals surface area contributed by atoms with E-state index < -0.39 is 0 Å². The molecule has 0 spiro atoms. The van der Waals surface area contributed by atoms with Crippen molar-refractivity contribution in [2.24, 2.45) is 7.05 Å². The first-order valence-corrected chi connectivity index (χ1v) is 6.75. The summed E-state index contributed by atoms with van der Waals surface area (Å²) in [5, 5.41) is 0. The van der Waals surface area contributed by atoms with Gasteiger partial charge in [-0.1, -0.05) is 15.9 Å². The molecule has 3 nitrogen and oxygen atoms in total. The van der Waals surface area contributed by atoms with E-state index in [4.69, 9.17) is 9.72 Å². The maximum Gasteiger partial charge on any atom is 0.140 e. The number of hydrogen-bond acceptors (Lipinski definition) is 2. The van der Waals surface area contributed by atoms with Crippen molar-refractivity contribution in [3.05, 3.63) is 46.9 Å². The topological polar surface area (TPSA) is 27.1 Å². The average Bonchev–Trinajstić information content (AvgIpc) is 2.75. The fraction of sp³-hybridized carbons (Fsp3) is 0.133. The van der Waals surface area contributed by atoms with Gasteiger partial charge >= 0.3 is 0 Å². The van der Waals surface area contributed by atoms with Gasteiger partial charge in [0, 0.05) is 17.1 Å². The number of nitrogens with zero attached hydrogens (tertiary/aromatic N) is 2. The van der Waals surface area contributed by atoms with Gasteiger partial charge in [0.15, 0.2) is 0 Å². The lowest BCUT2D eigenvalue weighted by molar-refractivity contribution is 0.415. The van der Waals surface area contributed by atoms with Gasteiger partial charge in [-0.25, -0.2) is 4.98 Å². The van der Waals surface area contributed by atoms with Gasteiger partial charge in [0.2, 0.25) is 0 Å². The summed E-state index contributed by atoms with van der Waals surface area (Å²) >= 11 is 3.48. The van der Waals surface area contributed by atoms with E-state index in [1.165, 1.54) is 0 Å². The Labute approximate surface area is 120 Å². The van der Waals surface area contributed by atoms with Crippen molar-refractivity contribution >= 4 is 27.0 Å². The Morgan fingerprint density at radius 1 is 1.11 bits per heavy atom. The zero-order valence-electron chi connectivity index (χ0n) is 10.7. The highest BCUT2D eigenvalue weighted by Gasteiger charge is 2.09. The van der Waals surface area contributed by atoms with E-state index >= 15 is 0 Å². The maximum atomic E-state index is 5.18. The normalized spacial score (nSPS) is 10.9. The van der Waals surface area contributed by atoms with Gasteiger partial charge in [0.05, 0.1) is 18.1 Å². The molecule has 0 amide bonds. The predicted molar refractivity (Wildman–Crippen MR) is 80.4 cm³/mol. The van der Waals surface area contributed by atoms with E-state index in [1.54, 1.807) is 7.11 Å². The van der Waals surface area contributed by atoms with Crippen LogP contribution in [0.25, 0.3) is 22.4 Å². The summed E-state index contributed by atoms with van der Waals surface area (Å²) in [4.78, 5) is 4.69. The number of benzene rings is 2. The highest BCUT2D eigenvalue weighted by Crippen LogP contribution is 2.26. The molecule has 0 saturated carbocycles. The Bertz CT molecular complexity index is 732. The van der Waals surface area contributed by atoms with Crippen molar-refractivity contribution in [1.82, 2.24) is 9.55 Å². The molecule has 1 heterocycles. The summed E-state index contributed by atoms with van der Waals surface area (Å²) in [6.45, 7) is 0. The maximum absolute atomic E-state index is 5.18. The van der Waals surface area contributed by atoms with Crippen molar-refractivity contribution < 1.29 is 4.74 Å². The fourth-order valence-electron chi connectivity index (χ4n) is 2.17. The minimum atomic E-state index is 0.852. The van der Waals surface area contributed by atoms with Crippen LogP contribution in [0, 0.1) is 0 Å². The number of ether oxygens (including phenoxy) is 1. The monoisotopic (exact) mass is 316 g/mol. The lowest BCUT2D eigenvalue weighted by atomic mass is 10.2. The van der Waals surface area contributed by atoms with E-state index in [9.17, 15) is 0 Å². The molecule has 0 aliphatic heterocycles. The van der Waals surface area contributed by atoms with Crippen LogP contribution in [-0.4, -0.2) is 16.7 Å². The smallest absolute Gasteiger partial charge is 0.140 e. The Morgan fingerprint density at radius 2 is 1.84 bits per heavy atom. The molecule has 3 rings (SSSR count). The summed E-state index contributed by atoms with van der Waals surface area (Å²) in [7, 11) is 3.70. The quantitative estimate of drug-likeness (QED) is 0.714. The summed E-state index contributed by atoms with van der Waals surface area (Å²) in [6, 6.07) is 14.1. The van der Waals surface area contributed by atoms with Gasteiger partial charge in [-0.15, -0.1) is 0 Å². The molecule has 0 fully saturated rings. The molecule has 0 aliphatic rings. The van der Waals surface area contributed by atoms with E-state index in [0.29, 0.717) is 0 Å². The number of methoxy groups -OCH3 is 1. The lowest BCUT2D eigenvalue weighted by Gasteiger charge is -2.04. The molecule has 4 heteroatoms. The zero-order valence-corrected chi connectivity index (χ0v) is 12.3. The highest BCUT2D eigenvalue weighted by molar-refractivity contribution is 9.10. The molecular weight excluding hydrogens is 304 g/mol. The fourth-order valence-corrected chi connectivity index (χ4v) is 2.52. The minimum absolute atomic E-state index is 0.852. The number of halogens is 1. The van der Waals surface area contributed by atoms with Crippen LogP contribution in [0.5, 0.6) is 5.75 Å². The third-order valence-electron chi connectivity index (χ3n) is 3.19. The summed E-state index contributed by atoms with van der Waals surface area (Å²) in [5.41, 5.74) is 3.19. The molecule has 0 bridgehead atoms. The Morgan fingerprint density at radius 3 is 2.53 bits per heavy atom. The second kappa shape index (κ2) is 4.70. The van der Waals surface area contributed by atoms with Crippen LogP contribution in [0.2, 0.25) is 0 Å². The number of aromatic nitrogens is 2. The molecule has 0 atom stereocenters. The number of fused-ring (bicyclic) bond motifs is 1. The molecule has 96 valence electrons. The lowest BCUT2D eigenvalue weighted by Crippen LogP contribution is -1.92. The van der Waals surface area contributed by atoms with E-state index in [1.807, 2.05) is 43.4 Å². The number of hydrogen-bond donors (Lipinski definition) is 0. The van der Waals surface area contributed by atoms with Crippen molar-refractivity contribution in [1.29, 1.82) is 0 Å². The first kappa shape index (κ1) is 12.2. The van der Waals surface area contributed by atoms with Crippen molar-refractivity contribution in [3.8, 4) is 17.1 Å². The van der Waals surface area contributed by atoms with E-state index in [2.05, 4.69) is 26.6 Å². The minimum Gasteiger partial charge on any atom is -0.497 e. The summed E-state index contributed by atoms with van der Waals surface area (Å²) < 4.78 is 8.32. The highest BCUT2D eigenvalue weighted by atomic mass is 79.9. The molecule has 0 aliphatic carbocycles. The molecule has 0 saturated heterocycles. The molecule has 0 radical (unpaired) electrons. The largest absolute Gasteiger partial charge is 0.497 e. The van der Waals surface area contributed by atoms with Gasteiger partial charge in [-0.2, -0.15) is 0 Å². The molecule has 0 unspecified atom stereocenters. The van der Waals surface area contributed by atoms with E-state index in [-0.39, 0.29) is 0 Å². The molecular formula is C15H13BrN2O. The van der Waals surface area contributed by atoms with Crippen LogP contribution < -0.4 is 4.74 Å². The second-order valence-electron chi connectivity index (χ2n) is 4.36. The van der Waals surface area contributed by atoms with Crippen LogP contribution >= 0.6 is 15.9 Å². The predicted octanol–water partition coefficient (Wildman–Crippen LogP) is 4.01. The van der Waals surface area contributed by atoms with E-state index in [0.717, 1.165) is 32.6 Å². The Hall–Kier alpha value is -1.81. The van der Waals surface area contributed by atoms with Gasteiger partial charge in [-0.3, -0.25) is 0 Å². The third-order valence-corrected chi connectivity index (χ3v) is 3.68. The van der Waals surface area contributed by atoms with Crippen LogP contribution in [0.15, 0.2) is 46.9 Å². The molecule has 3 aromatic rings. The number of aryl methyl sites for hydroxylation is 1. The second-order valence-corrected chi connectivity index (χ2v) is 5.27. The Kier molecular flexibility index (Phi) is 3.03. The van der Waals surface area contributed by atoms with Gasteiger partial charge in [0.25, 0.3) is 0 Å². The molecule has 1 aromatic heterocycles. The SMILES string of the molecule is COc1ccc(-c2nc3cc(Br)ccc3n2C)cc1. The first-order chi connectivity index (χ1) is 9.19. The van der Waals surface area contributed by atoms with Crippen LogP contribution in [0.3, 0.4) is 0 Å². The van der Waals surface area contributed by atoms with Gasteiger partial charge < -0.3 is 9.30 Å². The average molecular weight is 317 g/mol. The van der Waals surface area contributed by atoms with Crippen molar-refractivity contribution in [2.75, 3.05) is 7.11 Å². The number of rotatable bonds is 2. The Balaban J connectivity index is 2.15. The molecule has 19 heavy (non-hydrogen) atoms. The van der Waals surface area contributed by atoms with Crippen LogP contribution in [-0.2, 0) is 7.05 Å². The zero-order chi connectivity index (χ0) is 13.4. The molecule has 2 aromatic carbocycles. The van der Waals surface area contributed by atoms with Crippen LogP contribution in [0.4, 0.5) is 0 Å². The number of imidazole rings is 1. The third kappa shape index (κ3) is 2.12. The van der Waals surface area contributed by atoms with Crippen molar-refractivity contribution in [2.45, 2.75) is 0 Å². The summed E-state index contributed by atoms with van der Waals surface area (Å²) in [5.74, 6) is 1.81. The van der Waals surface area contributed by atoms with Crippen LogP contribution in [0.1, 0.15) is 0 Å². The first-order valence-electron chi connectivity index (χ1n) is 5.95. The molecule has 0 N–H and O–H groups in total. The summed E-state index contributed by atoms with van der Waals surface area (Å²) in [6.07, 6.45) is 0. The van der Waals surface area contributed by atoms with Crippen molar-refractivity contribution in [3.63, 3.8) is 0 Å². The standard InChI is InChI=1S/C15H13BrN2O/c1-18-14-8-5-11(16)9-13(14)17-15(18)10-3-6-12(19-2)7-4-10/h3-9H,1-2H3. The van der Waals surface area contributed by atoms with Gasteiger partial charge in [0.1, 0.15) is 11.6 Å².